The Balaban J connectivity index is 2.25. The molecule has 0 heterocycles. The summed E-state index contributed by atoms with van der Waals surface area (Å²) in [5, 5.41) is 0.473. The van der Waals surface area contributed by atoms with Crippen LogP contribution in [0, 0.1) is 0 Å². The number of alkyl halides is 3. The van der Waals surface area contributed by atoms with E-state index in [2.05, 4.69) is 0 Å². The van der Waals surface area contributed by atoms with Crippen LogP contribution in [0.3, 0.4) is 0 Å². The lowest BCUT2D eigenvalue weighted by atomic mass is 9.88. The van der Waals surface area contributed by atoms with Crippen molar-refractivity contribution in [2.75, 3.05) is 0 Å². The zero-order valence-electron chi connectivity index (χ0n) is 9.69. The average Bonchev–Trinajstić information content (AvgIpc) is 2.33. The van der Waals surface area contributed by atoms with Crippen molar-refractivity contribution in [2.24, 2.45) is 5.73 Å². The van der Waals surface area contributed by atoms with Crippen molar-refractivity contribution in [1.29, 1.82) is 0 Å². The van der Waals surface area contributed by atoms with Crippen LogP contribution >= 0.6 is 11.6 Å². The average molecular weight is 290 g/mol. The van der Waals surface area contributed by atoms with Crippen LogP contribution in [0.4, 0.5) is 13.2 Å². The third-order valence-electron chi connectivity index (χ3n) is 2.81. The molecule has 19 heavy (non-hydrogen) atoms. The van der Waals surface area contributed by atoms with Gasteiger partial charge in [-0.1, -0.05) is 29.8 Å². The van der Waals surface area contributed by atoms with E-state index in [1.54, 1.807) is 0 Å². The maximum absolute atomic E-state index is 13.0. The molecule has 1 aromatic carbocycles. The van der Waals surface area contributed by atoms with Gasteiger partial charge >= 0.3 is 6.18 Å². The van der Waals surface area contributed by atoms with Gasteiger partial charge in [-0.05, 0) is 30.3 Å². The monoisotopic (exact) mass is 289 g/mol. The summed E-state index contributed by atoms with van der Waals surface area (Å²) in [5.41, 5.74) is 2.90. The molecule has 1 aliphatic carbocycles. The molecule has 2 rings (SSSR count). The number of hydrogen-bond donors (Lipinski definition) is 1. The fourth-order valence-electron chi connectivity index (χ4n) is 1.69. The molecule has 6 heteroatoms. The fourth-order valence-corrected chi connectivity index (χ4v) is 1.81. The summed E-state index contributed by atoms with van der Waals surface area (Å²) in [5.74, 6) is 0.272. The van der Waals surface area contributed by atoms with E-state index in [-0.39, 0.29) is 5.75 Å². The molecule has 0 spiro atoms. The molecule has 2 unspecified atom stereocenters. The molecule has 0 radical (unpaired) electrons. The maximum Gasteiger partial charge on any atom is 0.413 e. The highest BCUT2D eigenvalue weighted by molar-refractivity contribution is 6.30. The van der Waals surface area contributed by atoms with Gasteiger partial charge in [-0.15, -0.1) is 0 Å². The van der Waals surface area contributed by atoms with Gasteiger partial charge < -0.3 is 10.5 Å². The SMILES string of the molecule is NC1(C(F)(F)F)C=CC=CC1Oc1ccc(Cl)cc1. The molecule has 0 amide bonds. The molecule has 0 fully saturated rings. The second-order valence-electron chi connectivity index (χ2n) is 4.17. The quantitative estimate of drug-likeness (QED) is 0.905. The van der Waals surface area contributed by atoms with Gasteiger partial charge in [0.2, 0.25) is 0 Å². The number of allylic oxidation sites excluding steroid dienone is 2. The third-order valence-corrected chi connectivity index (χ3v) is 3.06. The standard InChI is InChI=1S/C13H11ClF3NO/c14-9-4-6-10(7-5-9)19-11-3-1-2-8-12(11,18)13(15,16)17/h1-8,11H,18H2. The van der Waals surface area contributed by atoms with E-state index in [1.807, 2.05) is 0 Å². The molecular formula is C13H11ClF3NO. The second-order valence-corrected chi connectivity index (χ2v) is 4.60. The number of nitrogens with two attached hydrogens (primary N) is 1. The minimum Gasteiger partial charge on any atom is -0.484 e. The van der Waals surface area contributed by atoms with Crippen molar-refractivity contribution in [3.8, 4) is 5.75 Å². The summed E-state index contributed by atoms with van der Waals surface area (Å²) in [6.45, 7) is 0. The molecule has 0 saturated heterocycles. The highest BCUT2D eigenvalue weighted by atomic mass is 35.5. The zero-order chi connectivity index (χ0) is 14.1. The van der Waals surface area contributed by atoms with Crippen LogP contribution < -0.4 is 10.5 Å². The zero-order valence-corrected chi connectivity index (χ0v) is 10.4. The predicted molar refractivity (Wildman–Crippen MR) is 67.1 cm³/mol. The summed E-state index contributed by atoms with van der Waals surface area (Å²) < 4.78 is 44.4. The lowest BCUT2D eigenvalue weighted by Crippen LogP contribution is -2.62. The number of halogens is 4. The van der Waals surface area contributed by atoms with Crippen LogP contribution in [0.1, 0.15) is 0 Å². The van der Waals surface area contributed by atoms with Gasteiger partial charge in [-0.3, -0.25) is 0 Å². The van der Waals surface area contributed by atoms with Crippen LogP contribution in [0.2, 0.25) is 5.02 Å². The Morgan fingerprint density at radius 2 is 1.79 bits per heavy atom. The van der Waals surface area contributed by atoms with E-state index in [1.165, 1.54) is 42.5 Å². The van der Waals surface area contributed by atoms with Crippen molar-refractivity contribution in [3.05, 3.63) is 53.6 Å². The van der Waals surface area contributed by atoms with Crippen molar-refractivity contribution >= 4 is 11.6 Å². The summed E-state index contributed by atoms with van der Waals surface area (Å²) in [6.07, 6.45) is -1.02. The van der Waals surface area contributed by atoms with Gasteiger partial charge in [-0.2, -0.15) is 13.2 Å². The highest BCUT2D eigenvalue weighted by Crippen LogP contribution is 2.36. The minimum atomic E-state index is -4.61. The fraction of sp³-hybridized carbons (Fsp3) is 0.231. The molecule has 0 aliphatic heterocycles. The van der Waals surface area contributed by atoms with E-state index in [4.69, 9.17) is 22.1 Å². The Morgan fingerprint density at radius 3 is 2.37 bits per heavy atom. The molecule has 0 saturated carbocycles. The first-order valence-electron chi connectivity index (χ1n) is 5.47. The van der Waals surface area contributed by atoms with Crippen molar-refractivity contribution in [1.82, 2.24) is 0 Å². The normalized spacial score (nSPS) is 26.5. The Morgan fingerprint density at radius 1 is 1.16 bits per heavy atom. The van der Waals surface area contributed by atoms with E-state index >= 15 is 0 Å². The lowest BCUT2D eigenvalue weighted by molar-refractivity contribution is -0.187. The molecule has 102 valence electrons. The first-order valence-corrected chi connectivity index (χ1v) is 5.84. The van der Waals surface area contributed by atoms with Crippen LogP contribution in [-0.4, -0.2) is 17.8 Å². The van der Waals surface area contributed by atoms with Crippen LogP contribution in [0.15, 0.2) is 48.6 Å². The topological polar surface area (TPSA) is 35.2 Å². The number of hydrogen-bond acceptors (Lipinski definition) is 2. The van der Waals surface area contributed by atoms with Crippen molar-refractivity contribution in [3.63, 3.8) is 0 Å². The van der Waals surface area contributed by atoms with Gasteiger partial charge in [-0.25, -0.2) is 0 Å². The van der Waals surface area contributed by atoms with Crippen molar-refractivity contribution in [2.45, 2.75) is 17.8 Å². The second kappa shape index (κ2) is 4.90. The Kier molecular flexibility index (Phi) is 3.60. The van der Waals surface area contributed by atoms with Gasteiger partial charge in [0.15, 0.2) is 5.54 Å². The number of rotatable bonds is 2. The molecule has 2 nitrogen and oxygen atoms in total. The molecule has 0 bridgehead atoms. The summed E-state index contributed by atoms with van der Waals surface area (Å²) in [7, 11) is 0. The first-order chi connectivity index (χ1) is 8.83. The Hall–Kier alpha value is -1.46. The Labute approximate surface area is 113 Å². The molecule has 2 atom stereocenters. The first kappa shape index (κ1) is 14.0. The van der Waals surface area contributed by atoms with E-state index < -0.39 is 17.8 Å². The van der Waals surface area contributed by atoms with Gasteiger partial charge in [0, 0.05) is 5.02 Å². The van der Waals surface area contributed by atoms with E-state index in [0.29, 0.717) is 5.02 Å². The molecule has 1 aliphatic rings. The lowest BCUT2D eigenvalue weighted by Gasteiger charge is -2.36. The predicted octanol–water partition coefficient (Wildman–Crippen LogP) is 3.47. The van der Waals surface area contributed by atoms with E-state index in [0.717, 1.165) is 6.08 Å². The molecule has 2 N–H and O–H groups in total. The third kappa shape index (κ3) is 2.77. The van der Waals surface area contributed by atoms with Crippen LogP contribution in [0.5, 0.6) is 5.75 Å². The van der Waals surface area contributed by atoms with Crippen LogP contribution in [-0.2, 0) is 0 Å². The van der Waals surface area contributed by atoms with Gasteiger partial charge in [0.05, 0.1) is 0 Å². The Bertz CT molecular complexity index is 510. The molecule has 0 aromatic heterocycles. The van der Waals surface area contributed by atoms with Crippen molar-refractivity contribution < 1.29 is 17.9 Å². The minimum absolute atomic E-state index is 0.272. The van der Waals surface area contributed by atoms with Gasteiger partial charge in [0.25, 0.3) is 0 Å². The smallest absolute Gasteiger partial charge is 0.413 e. The number of ether oxygens (including phenoxy) is 1. The van der Waals surface area contributed by atoms with Crippen LogP contribution in [0.25, 0.3) is 0 Å². The van der Waals surface area contributed by atoms with E-state index in [9.17, 15) is 13.2 Å². The largest absolute Gasteiger partial charge is 0.484 e. The number of benzene rings is 1. The molecular weight excluding hydrogens is 279 g/mol. The summed E-state index contributed by atoms with van der Waals surface area (Å²) in [6, 6.07) is 6.05. The maximum atomic E-state index is 13.0. The van der Waals surface area contributed by atoms with Gasteiger partial charge in [0.1, 0.15) is 11.9 Å². The molecule has 1 aromatic rings. The highest BCUT2D eigenvalue weighted by Gasteiger charge is 2.56. The summed E-state index contributed by atoms with van der Waals surface area (Å²) in [4.78, 5) is 0. The summed E-state index contributed by atoms with van der Waals surface area (Å²) >= 11 is 5.70.